The fraction of sp³-hybridized carbons (Fsp3) is 0.188. The van der Waals surface area contributed by atoms with Crippen LogP contribution in [0.5, 0.6) is 5.75 Å². The van der Waals surface area contributed by atoms with Gasteiger partial charge in [0.05, 0.1) is 30.6 Å². The summed E-state index contributed by atoms with van der Waals surface area (Å²) in [5.74, 6) is -0.402. The molecule has 0 atom stereocenters. The van der Waals surface area contributed by atoms with Gasteiger partial charge in [0, 0.05) is 11.8 Å². The van der Waals surface area contributed by atoms with Gasteiger partial charge in [-0.1, -0.05) is 6.07 Å². The number of amides is 1. The first-order valence-corrected chi connectivity index (χ1v) is 6.57. The summed E-state index contributed by atoms with van der Waals surface area (Å²) in [5.41, 5.74) is 2.60. The van der Waals surface area contributed by atoms with Gasteiger partial charge in [0.25, 0.3) is 11.7 Å². The number of ketones is 1. The number of pyridine rings is 1. The molecule has 0 fully saturated rings. The van der Waals surface area contributed by atoms with Crippen LogP contribution in [0.25, 0.3) is 0 Å². The number of hydrogen-bond acceptors (Lipinski definition) is 4. The number of anilines is 1. The average molecular weight is 282 g/mol. The van der Waals surface area contributed by atoms with Crippen LogP contribution in [0, 0.1) is 6.92 Å². The molecule has 0 unspecified atom stereocenters. The van der Waals surface area contributed by atoms with Crippen LogP contribution in [0.4, 0.5) is 5.69 Å². The number of methoxy groups -OCH3 is 1. The SMILES string of the molecule is COc1ccc2c(c1)N(Cc1cccc(C)n1)C(=O)C2=O. The summed E-state index contributed by atoms with van der Waals surface area (Å²) < 4.78 is 5.16. The van der Waals surface area contributed by atoms with E-state index < -0.39 is 11.7 Å². The molecule has 0 spiro atoms. The number of carbonyl (C=O) groups excluding carboxylic acids is 2. The minimum Gasteiger partial charge on any atom is -0.497 e. The topological polar surface area (TPSA) is 59.5 Å². The second-order valence-electron chi connectivity index (χ2n) is 4.87. The zero-order valence-corrected chi connectivity index (χ0v) is 11.8. The van der Waals surface area contributed by atoms with Gasteiger partial charge in [0.2, 0.25) is 0 Å². The Morgan fingerprint density at radius 1 is 1.19 bits per heavy atom. The molecule has 1 aliphatic rings. The van der Waals surface area contributed by atoms with Crippen LogP contribution < -0.4 is 9.64 Å². The number of hydrogen-bond donors (Lipinski definition) is 0. The van der Waals surface area contributed by atoms with Gasteiger partial charge in [0.15, 0.2) is 0 Å². The molecule has 0 saturated carbocycles. The summed E-state index contributed by atoms with van der Waals surface area (Å²) in [4.78, 5) is 30.0. The molecule has 106 valence electrons. The van der Waals surface area contributed by atoms with E-state index in [1.54, 1.807) is 25.3 Å². The predicted molar refractivity (Wildman–Crippen MR) is 77.5 cm³/mol. The Hall–Kier alpha value is -2.69. The monoisotopic (exact) mass is 282 g/mol. The summed E-state index contributed by atoms with van der Waals surface area (Å²) in [6.07, 6.45) is 0. The standard InChI is InChI=1S/C16H14N2O3/c1-10-4-3-5-11(17-10)9-18-14-8-12(21-2)6-7-13(14)15(19)16(18)20/h3-8H,9H2,1-2H3. The van der Waals surface area contributed by atoms with Gasteiger partial charge >= 0.3 is 0 Å². The Labute approximate surface area is 122 Å². The van der Waals surface area contributed by atoms with Crippen molar-refractivity contribution >= 4 is 17.4 Å². The molecule has 0 aliphatic carbocycles. The van der Waals surface area contributed by atoms with Crippen molar-refractivity contribution in [1.82, 2.24) is 4.98 Å². The van der Waals surface area contributed by atoms with E-state index in [0.717, 1.165) is 11.4 Å². The van der Waals surface area contributed by atoms with E-state index in [0.29, 0.717) is 17.0 Å². The third-order valence-corrected chi connectivity index (χ3v) is 3.45. The number of fused-ring (bicyclic) bond motifs is 1. The molecule has 0 bridgehead atoms. The number of ether oxygens (including phenoxy) is 1. The Kier molecular flexibility index (Phi) is 3.17. The largest absolute Gasteiger partial charge is 0.497 e. The molecule has 1 aromatic heterocycles. The number of rotatable bonds is 3. The number of Topliss-reactive ketones (excluding diaryl/α,β-unsaturated/α-hetero) is 1. The van der Waals surface area contributed by atoms with E-state index in [2.05, 4.69) is 4.98 Å². The number of aromatic nitrogens is 1. The summed E-state index contributed by atoms with van der Waals surface area (Å²) in [5, 5.41) is 0. The fourth-order valence-electron chi connectivity index (χ4n) is 2.41. The molecule has 21 heavy (non-hydrogen) atoms. The summed E-state index contributed by atoms with van der Waals surface area (Å²) >= 11 is 0. The molecule has 2 aromatic rings. The van der Waals surface area contributed by atoms with Crippen LogP contribution in [0.2, 0.25) is 0 Å². The van der Waals surface area contributed by atoms with Gasteiger partial charge < -0.3 is 4.74 Å². The molecule has 0 N–H and O–H groups in total. The molecule has 3 rings (SSSR count). The van der Waals surface area contributed by atoms with Crippen molar-refractivity contribution in [2.75, 3.05) is 12.0 Å². The van der Waals surface area contributed by atoms with Crippen molar-refractivity contribution in [3.63, 3.8) is 0 Å². The van der Waals surface area contributed by atoms with E-state index in [9.17, 15) is 9.59 Å². The average Bonchev–Trinajstić information content (AvgIpc) is 2.72. The zero-order valence-electron chi connectivity index (χ0n) is 11.8. The third kappa shape index (κ3) is 2.27. The van der Waals surface area contributed by atoms with Gasteiger partial charge in [0.1, 0.15) is 5.75 Å². The molecular formula is C16H14N2O3. The number of benzene rings is 1. The second kappa shape index (κ2) is 5.01. The molecule has 5 nitrogen and oxygen atoms in total. The third-order valence-electron chi connectivity index (χ3n) is 3.45. The van der Waals surface area contributed by atoms with E-state index in [1.807, 2.05) is 25.1 Å². The number of carbonyl (C=O) groups is 2. The van der Waals surface area contributed by atoms with Gasteiger partial charge in [-0.3, -0.25) is 19.5 Å². The van der Waals surface area contributed by atoms with E-state index in [1.165, 1.54) is 4.90 Å². The number of aryl methyl sites for hydroxylation is 1. The van der Waals surface area contributed by atoms with Crippen LogP contribution in [-0.4, -0.2) is 23.8 Å². The lowest BCUT2D eigenvalue weighted by atomic mass is 10.1. The summed E-state index contributed by atoms with van der Waals surface area (Å²) in [6.45, 7) is 2.16. The van der Waals surface area contributed by atoms with Crippen molar-refractivity contribution in [3.05, 3.63) is 53.3 Å². The minimum absolute atomic E-state index is 0.270. The highest BCUT2D eigenvalue weighted by Gasteiger charge is 2.36. The minimum atomic E-state index is -0.526. The van der Waals surface area contributed by atoms with Crippen LogP contribution in [0.3, 0.4) is 0 Å². The van der Waals surface area contributed by atoms with Gasteiger partial charge in [-0.2, -0.15) is 0 Å². The molecule has 1 amide bonds. The molecule has 2 heterocycles. The molecule has 1 aromatic carbocycles. The first-order chi connectivity index (χ1) is 10.1. The van der Waals surface area contributed by atoms with E-state index in [-0.39, 0.29) is 6.54 Å². The highest BCUT2D eigenvalue weighted by atomic mass is 16.5. The van der Waals surface area contributed by atoms with Crippen LogP contribution >= 0.6 is 0 Å². The Balaban J connectivity index is 2.00. The Bertz CT molecular complexity index is 740. The van der Waals surface area contributed by atoms with Crippen molar-refractivity contribution in [3.8, 4) is 5.75 Å². The van der Waals surface area contributed by atoms with Crippen LogP contribution in [0.1, 0.15) is 21.7 Å². The van der Waals surface area contributed by atoms with Crippen molar-refractivity contribution in [1.29, 1.82) is 0 Å². The maximum Gasteiger partial charge on any atom is 0.299 e. The van der Waals surface area contributed by atoms with Crippen LogP contribution in [-0.2, 0) is 11.3 Å². The molecule has 1 aliphatic heterocycles. The van der Waals surface area contributed by atoms with E-state index >= 15 is 0 Å². The quantitative estimate of drug-likeness (QED) is 0.809. The predicted octanol–water partition coefficient (Wildman–Crippen LogP) is 2.13. The highest BCUT2D eigenvalue weighted by Crippen LogP contribution is 2.33. The lowest BCUT2D eigenvalue weighted by Gasteiger charge is -2.16. The normalized spacial score (nSPS) is 13.5. The van der Waals surface area contributed by atoms with Crippen molar-refractivity contribution in [2.45, 2.75) is 13.5 Å². The van der Waals surface area contributed by atoms with Crippen molar-refractivity contribution < 1.29 is 14.3 Å². The summed E-state index contributed by atoms with van der Waals surface area (Å²) in [7, 11) is 1.55. The smallest absolute Gasteiger partial charge is 0.299 e. The first-order valence-electron chi connectivity index (χ1n) is 6.57. The Morgan fingerprint density at radius 2 is 2.00 bits per heavy atom. The summed E-state index contributed by atoms with van der Waals surface area (Å²) in [6, 6.07) is 10.6. The van der Waals surface area contributed by atoms with Gasteiger partial charge in [-0.15, -0.1) is 0 Å². The maximum atomic E-state index is 12.2. The lowest BCUT2D eigenvalue weighted by molar-refractivity contribution is -0.114. The Morgan fingerprint density at radius 3 is 2.71 bits per heavy atom. The maximum absolute atomic E-state index is 12.2. The van der Waals surface area contributed by atoms with Gasteiger partial charge in [-0.25, -0.2) is 0 Å². The van der Waals surface area contributed by atoms with E-state index in [4.69, 9.17) is 4.74 Å². The van der Waals surface area contributed by atoms with Gasteiger partial charge in [-0.05, 0) is 31.2 Å². The molecule has 0 radical (unpaired) electrons. The molecule has 5 heteroatoms. The van der Waals surface area contributed by atoms with Crippen LogP contribution in [0.15, 0.2) is 36.4 Å². The second-order valence-corrected chi connectivity index (χ2v) is 4.87. The first kappa shape index (κ1) is 13.3. The zero-order chi connectivity index (χ0) is 15.0. The number of nitrogens with zero attached hydrogens (tertiary/aromatic N) is 2. The highest BCUT2D eigenvalue weighted by molar-refractivity contribution is 6.52. The molecular weight excluding hydrogens is 268 g/mol. The molecule has 0 saturated heterocycles. The lowest BCUT2D eigenvalue weighted by Crippen LogP contribution is -2.29. The van der Waals surface area contributed by atoms with Crippen molar-refractivity contribution in [2.24, 2.45) is 0 Å². The fourth-order valence-corrected chi connectivity index (χ4v) is 2.41.